The highest BCUT2D eigenvalue weighted by atomic mass is 16.7. The molecule has 0 N–H and O–H groups in total. The van der Waals surface area contributed by atoms with Crippen LogP contribution in [0.1, 0.15) is 12.5 Å². The molecular weight excluding hydrogens is 436 g/mol. The van der Waals surface area contributed by atoms with Crippen molar-refractivity contribution in [2.75, 3.05) is 23.2 Å². The number of amides is 4. The Kier molecular flexibility index (Phi) is 5.47. The fraction of sp³-hybridized carbons (Fsp3) is 0.115. The molecule has 5 rings (SSSR count). The third-order valence-corrected chi connectivity index (χ3v) is 5.38. The second-order valence-corrected chi connectivity index (χ2v) is 7.47. The van der Waals surface area contributed by atoms with Crippen molar-refractivity contribution in [1.29, 1.82) is 0 Å². The van der Waals surface area contributed by atoms with Crippen molar-refractivity contribution < 1.29 is 28.6 Å². The second kappa shape index (κ2) is 8.74. The lowest BCUT2D eigenvalue weighted by molar-refractivity contribution is -0.121. The van der Waals surface area contributed by atoms with Crippen LogP contribution in [0.4, 0.5) is 16.2 Å². The molecule has 0 bridgehead atoms. The SMILES string of the molecule is CCOc1cc2c(cc1C=C1C(=O)N(c3ccccc3)C(=O)N(c3ccccc3)C1=O)OCO2. The van der Waals surface area contributed by atoms with Crippen molar-refractivity contribution in [2.45, 2.75) is 6.92 Å². The van der Waals surface area contributed by atoms with Gasteiger partial charge in [0.15, 0.2) is 11.5 Å². The van der Waals surface area contributed by atoms with Gasteiger partial charge in [-0.25, -0.2) is 14.6 Å². The van der Waals surface area contributed by atoms with Crippen LogP contribution < -0.4 is 24.0 Å². The predicted molar refractivity (Wildman–Crippen MR) is 125 cm³/mol. The zero-order valence-corrected chi connectivity index (χ0v) is 18.3. The summed E-state index contributed by atoms with van der Waals surface area (Å²) in [6.45, 7) is 2.25. The number of imide groups is 2. The summed E-state index contributed by atoms with van der Waals surface area (Å²) in [5.74, 6) is -0.0444. The Balaban J connectivity index is 1.67. The molecule has 34 heavy (non-hydrogen) atoms. The highest BCUT2D eigenvalue weighted by molar-refractivity contribution is 6.46. The van der Waals surface area contributed by atoms with Gasteiger partial charge in [0.25, 0.3) is 11.8 Å². The number of fused-ring (bicyclic) bond motifs is 1. The van der Waals surface area contributed by atoms with Crippen LogP contribution >= 0.6 is 0 Å². The average molecular weight is 456 g/mol. The van der Waals surface area contributed by atoms with Gasteiger partial charge in [-0.2, -0.15) is 0 Å². The number of urea groups is 1. The number of carbonyl (C=O) groups is 3. The summed E-state index contributed by atoms with van der Waals surface area (Å²) < 4.78 is 16.6. The van der Waals surface area contributed by atoms with E-state index in [0.29, 0.717) is 40.8 Å². The Labute approximate surface area is 195 Å². The molecule has 0 aromatic heterocycles. The van der Waals surface area contributed by atoms with Crippen LogP contribution in [0.15, 0.2) is 78.4 Å². The zero-order chi connectivity index (χ0) is 23.7. The summed E-state index contributed by atoms with van der Waals surface area (Å²) in [4.78, 5) is 42.4. The second-order valence-electron chi connectivity index (χ2n) is 7.47. The summed E-state index contributed by atoms with van der Waals surface area (Å²) in [7, 11) is 0. The first-order valence-electron chi connectivity index (χ1n) is 10.7. The van der Waals surface area contributed by atoms with E-state index in [1.165, 1.54) is 6.08 Å². The van der Waals surface area contributed by atoms with E-state index in [2.05, 4.69) is 0 Å². The molecular formula is C26H20N2O6. The van der Waals surface area contributed by atoms with Crippen molar-refractivity contribution in [1.82, 2.24) is 0 Å². The molecule has 1 fully saturated rings. The fourth-order valence-corrected chi connectivity index (χ4v) is 3.83. The van der Waals surface area contributed by atoms with Crippen LogP contribution in [0.2, 0.25) is 0 Å². The Hall–Kier alpha value is -4.59. The van der Waals surface area contributed by atoms with Crippen molar-refractivity contribution in [2.24, 2.45) is 0 Å². The largest absolute Gasteiger partial charge is 0.493 e. The van der Waals surface area contributed by atoms with E-state index >= 15 is 0 Å². The molecule has 3 aromatic rings. The summed E-state index contributed by atoms with van der Waals surface area (Å²) in [5.41, 5.74) is 0.977. The molecule has 3 aromatic carbocycles. The van der Waals surface area contributed by atoms with Gasteiger partial charge in [-0.05, 0) is 43.3 Å². The Morgan fingerprint density at radius 3 is 1.88 bits per heavy atom. The number of anilines is 2. The van der Waals surface area contributed by atoms with Crippen LogP contribution in [0.5, 0.6) is 17.2 Å². The molecule has 8 nitrogen and oxygen atoms in total. The molecule has 2 heterocycles. The number of para-hydroxylation sites is 2. The number of hydrogen-bond donors (Lipinski definition) is 0. The molecule has 0 aliphatic carbocycles. The number of nitrogens with zero attached hydrogens (tertiary/aromatic N) is 2. The molecule has 0 radical (unpaired) electrons. The summed E-state index contributed by atoms with van der Waals surface area (Å²) in [6.07, 6.45) is 1.43. The number of hydrogen-bond acceptors (Lipinski definition) is 6. The summed E-state index contributed by atoms with van der Waals surface area (Å²) in [5, 5.41) is 0. The number of barbiturate groups is 1. The minimum Gasteiger partial charge on any atom is -0.493 e. The molecule has 8 heteroatoms. The van der Waals surface area contributed by atoms with Crippen LogP contribution in [0.25, 0.3) is 6.08 Å². The molecule has 0 atom stereocenters. The molecule has 170 valence electrons. The minimum atomic E-state index is -0.750. The van der Waals surface area contributed by atoms with Gasteiger partial charge in [0.05, 0.1) is 18.0 Å². The minimum absolute atomic E-state index is 0.0663. The number of rotatable bonds is 5. The third kappa shape index (κ3) is 3.65. The first-order chi connectivity index (χ1) is 16.6. The monoisotopic (exact) mass is 456 g/mol. The van der Waals surface area contributed by atoms with Crippen LogP contribution in [-0.4, -0.2) is 31.2 Å². The molecule has 0 unspecified atom stereocenters. The lowest BCUT2D eigenvalue weighted by Gasteiger charge is -2.34. The van der Waals surface area contributed by atoms with Gasteiger partial charge in [-0.3, -0.25) is 9.59 Å². The maximum Gasteiger partial charge on any atom is 0.343 e. The summed E-state index contributed by atoms with van der Waals surface area (Å²) >= 11 is 0. The van der Waals surface area contributed by atoms with Crippen LogP contribution in [0, 0.1) is 0 Å². The van der Waals surface area contributed by atoms with E-state index < -0.39 is 17.8 Å². The first kappa shape index (κ1) is 21.3. The maximum absolute atomic E-state index is 13.5. The molecule has 0 spiro atoms. The molecule has 4 amide bonds. The van der Waals surface area contributed by atoms with Crippen molar-refractivity contribution >= 4 is 35.3 Å². The molecule has 1 saturated heterocycles. The normalized spacial score (nSPS) is 15.1. The number of ether oxygens (including phenoxy) is 3. The van der Waals surface area contributed by atoms with Gasteiger partial charge >= 0.3 is 6.03 Å². The Bertz CT molecular complexity index is 1240. The van der Waals surface area contributed by atoms with Crippen LogP contribution in [0.3, 0.4) is 0 Å². The number of carbonyl (C=O) groups excluding carboxylic acids is 3. The van der Waals surface area contributed by atoms with E-state index in [9.17, 15) is 14.4 Å². The van der Waals surface area contributed by atoms with E-state index in [1.807, 2.05) is 6.92 Å². The van der Waals surface area contributed by atoms with Crippen molar-refractivity contribution in [3.63, 3.8) is 0 Å². The lowest BCUT2D eigenvalue weighted by Crippen LogP contribution is -2.57. The molecule has 0 saturated carbocycles. The van der Waals surface area contributed by atoms with Gasteiger partial charge in [0, 0.05) is 11.6 Å². The van der Waals surface area contributed by atoms with E-state index in [0.717, 1.165) is 9.80 Å². The summed E-state index contributed by atoms with van der Waals surface area (Å²) in [6, 6.07) is 19.5. The average Bonchev–Trinajstić information content (AvgIpc) is 3.31. The zero-order valence-electron chi connectivity index (χ0n) is 18.3. The lowest BCUT2D eigenvalue weighted by atomic mass is 10.0. The van der Waals surface area contributed by atoms with E-state index in [4.69, 9.17) is 14.2 Å². The van der Waals surface area contributed by atoms with E-state index in [-0.39, 0.29) is 12.4 Å². The van der Waals surface area contributed by atoms with Crippen molar-refractivity contribution in [3.8, 4) is 17.2 Å². The van der Waals surface area contributed by atoms with Gasteiger partial charge in [0.1, 0.15) is 11.3 Å². The highest BCUT2D eigenvalue weighted by Crippen LogP contribution is 2.40. The Morgan fingerprint density at radius 2 is 1.35 bits per heavy atom. The number of benzene rings is 3. The maximum atomic E-state index is 13.5. The third-order valence-electron chi connectivity index (χ3n) is 5.38. The van der Waals surface area contributed by atoms with Crippen LogP contribution in [-0.2, 0) is 9.59 Å². The highest BCUT2D eigenvalue weighted by Gasteiger charge is 2.43. The topological polar surface area (TPSA) is 85.4 Å². The Morgan fingerprint density at radius 1 is 0.824 bits per heavy atom. The quantitative estimate of drug-likeness (QED) is 0.418. The first-order valence-corrected chi connectivity index (χ1v) is 10.7. The smallest absolute Gasteiger partial charge is 0.343 e. The molecule has 2 aliphatic heterocycles. The fourth-order valence-electron chi connectivity index (χ4n) is 3.83. The van der Waals surface area contributed by atoms with Gasteiger partial charge in [-0.1, -0.05) is 36.4 Å². The van der Waals surface area contributed by atoms with Gasteiger partial charge in [0.2, 0.25) is 6.79 Å². The molecule has 2 aliphatic rings. The van der Waals surface area contributed by atoms with E-state index in [1.54, 1.807) is 72.8 Å². The van der Waals surface area contributed by atoms with Gasteiger partial charge in [-0.15, -0.1) is 0 Å². The standard InChI is InChI=1S/C26H20N2O6/c1-2-32-21-15-23-22(33-16-34-23)14-17(21)13-20-24(29)27(18-9-5-3-6-10-18)26(31)28(25(20)30)19-11-7-4-8-12-19/h3-15H,2,16H2,1H3. The van der Waals surface area contributed by atoms with Gasteiger partial charge < -0.3 is 14.2 Å². The predicted octanol–water partition coefficient (Wildman–Crippen LogP) is 4.40. The van der Waals surface area contributed by atoms with Crippen molar-refractivity contribution in [3.05, 3.63) is 83.9 Å².